The number of carbonyl (C=O) groups excluding carboxylic acids is 2. The number of carbonyl (C=O) groups is 2. The summed E-state index contributed by atoms with van der Waals surface area (Å²) in [7, 11) is 2.08. The molecule has 1 aliphatic rings. The standard InChI is InChI=1S/C17H21N3O2S2/c1-10-8-12(11(2)23-10)14(21)4-5-16(22)19-17-18-13-6-7-20(3)9-15(13)24-17/h8H,4-7,9H2,1-3H3,(H,18,19,22). The lowest BCUT2D eigenvalue weighted by Crippen LogP contribution is -2.25. The van der Waals surface area contributed by atoms with Gasteiger partial charge in [0.05, 0.1) is 5.69 Å². The molecule has 0 bridgehead atoms. The lowest BCUT2D eigenvalue weighted by Gasteiger charge is -2.20. The summed E-state index contributed by atoms with van der Waals surface area (Å²) in [5, 5.41) is 3.49. The minimum absolute atomic E-state index is 0.0343. The number of anilines is 1. The molecule has 7 heteroatoms. The first kappa shape index (κ1) is 17.3. The van der Waals surface area contributed by atoms with E-state index in [1.165, 1.54) is 16.2 Å². The first-order chi connectivity index (χ1) is 11.4. The third-order valence-electron chi connectivity index (χ3n) is 4.09. The summed E-state index contributed by atoms with van der Waals surface area (Å²) < 4.78 is 0. The van der Waals surface area contributed by atoms with Crippen molar-refractivity contribution in [1.82, 2.24) is 9.88 Å². The van der Waals surface area contributed by atoms with Crippen molar-refractivity contribution in [3.05, 3.63) is 32.0 Å². The van der Waals surface area contributed by atoms with Crippen LogP contribution in [0.15, 0.2) is 6.07 Å². The number of likely N-dealkylation sites (N-methyl/N-ethyl adjacent to an activating group) is 1. The normalized spacial score (nSPS) is 14.5. The maximum atomic E-state index is 12.2. The van der Waals surface area contributed by atoms with Crippen molar-refractivity contribution >= 4 is 39.5 Å². The molecule has 0 aliphatic carbocycles. The smallest absolute Gasteiger partial charge is 0.226 e. The Labute approximate surface area is 149 Å². The molecule has 0 unspecified atom stereocenters. The van der Waals surface area contributed by atoms with Crippen LogP contribution in [0.5, 0.6) is 0 Å². The number of rotatable bonds is 5. The molecule has 1 N–H and O–H groups in total. The van der Waals surface area contributed by atoms with Crippen LogP contribution >= 0.6 is 22.7 Å². The van der Waals surface area contributed by atoms with Gasteiger partial charge in [0.1, 0.15) is 0 Å². The number of fused-ring (bicyclic) bond motifs is 1. The minimum atomic E-state index is -0.146. The average Bonchev–Trinajstić information content (AvgIpc) is 3.06. The summed E-state index contributed by atoms with van der Waals surface area (Å²) in [6.07, 6.45) is 1.35. The van der Waals surface area contributed by atoms with E-state index in [4.69, 9.17) is 0 Å². The molecule has 24 heavy (non-hydrogen) atoms. The van der Waals surface area contributed by atoms with Gasteiger partial charge in [0.2, 0.25) is 5.91 Å². The molecular formula is C17H21N3O2S2. The Hall–Kier alpha value is -1.57. The van der Waals surface area contributed by atoms with Crippen molar-refractivity contribution in [3.8, 4) is 0 Å². The van der Waals surface area contributed by atoms with Crippen molar-refractivity contribution in [3.63, 3.8) is 0 Å². The fraction of sp³-hybridized carbons (Fsp3) is 0.471. The Kier molecular flexibility index (Phi) is 5.12. The van der Waals surface area contributed by atoms with Gasteiger partial charge >= 0.3 is 0 Å². The maximum Gasteiger partial charge on any atom is 0.226 e. The van der Waals surface area contributed by atoms with Crippen molar-refractivity contribution in [2.24, 2.45) is 0 Å². The van der Waals surface area contributed by atoms with E-state index in [2.05, 4.69) is 22.2 Å². The van der Waals surface area contributed by atoms with E-state index in [-0.39, 0.29) is 24.5 Å². The highest BCUT2D eigenvalue weighted by atomic mass is 32.1. The van der Waals surface area contributed by atoms with E-state index in [1.807, 2.05) is 19.9 Å². The van der Waals surface area contributed by atoms with E-state index < -0.39 is 0 Å². The molecule has 5 nitrogen and oxygen atoms in total. The van der Waals surface area contributed by atoms with Gasteiger partial charge in [-0.2, -0.15) is 0 Å². The van der Waals surface area contributed by atoms with Gasteiger partial charge in [0.25, 0.3) is 0 Å². The Bertz CT molecular complexity index is 779. The predicted molar refractivity (Wildman–Crippen MR) is 98.1 cm³/mol. The number of aromatic nitrogens is 1. The van der Waals surface area contributed by atoms with Crippen molar-refractivity contribution in [2.75, 3.05) is 18.9 Å². The fourth-order valence-corrected chi connectivity index (χ4v) is 4.87. The molecule has 0 radical (unpaired) electrons. The van der Waals surface area contributed by atoms with Crippen LogP contribution in [-0.4, -0.2) is 35.2 Å². The molecule has 128 valence electrons. The van der Waals surface area contributed by atoms with Gasteiger partial charge in [-0.1, -0.05) is 0 Å². The van der Waals surface area contributed by atoms with Crippen LogP contribution in [0.4, 0.5) is 5.13 Å². The maximum absolute atomic E-state index is 12.2. The van der Waals surface area contributed by atoms with Crippen LogP contribution in [0.3, 0.4) is 0 Å². The SMILES string of the molecule is Cc1cc(C(=O)CCC(=O)Nc2nc3c(s2)CN(C)CC3)c(C)s1. The zero-order valence-electron chi connectivity index (χ0n) is 14.1. The summed E-state index contributed by atoms with van der Waals surface area (Å²) in [6.45, 7) is 5.82. The van der Waals surface area contributed by atoms with Crippen LogP contribution in [0.1, 0.15) is 43.5 Å². The van der Waals surface area contributed by atoms with E-state index in [0.717, 1.165) is 40.5 Å². The predicted octanol–water partition coefficient (Wildman–Crippen LogP) is 3.41. The van der Waals surface area contributed by atoms with Gasteiger partial charge in [-0.15, -0.1) is 22.7 Å². The second kappa shape index (κ2) is 7.13. The van der Waals surface area contributed by atoms with Crippen LogP contribution in [-0.2, 0) is 17.8 Å². The number of nitrogens with one attached hydrogen (secondary N) is 1. The number of thiazole rings is 1. The van der Waals surface area contributed by atoms with E-state index >= 15 is 0 Å². The van der Waals surface area contributed by atoms with Crippen LogP contribution in [0.25, 0.3) is 0 Å². The highest BCUT2D eigenvalue weighted by Gasteiger charge is 2.19. The van der Waals surface area contributed by atoms with Crippen LogP contribution in [0, 0.1) is 13.8 Å². The van der Waals surface area contributed by atoms with Crippen molar-refractivity contribution in [1.29, 1.82) is 0 Å². The Morgan fingerprint density at radius 2 is 2.08 bits per heavy atom. The van der Waals surface area contributed by atoms with E-state index in [1.54, 1.807) is 11.3 Å². The largest absolute Gasteiger partial charge is 0.302 e. The number of ketones is 1. The molecule has 0 spiro atoms. The lowest BCUT2D eigenvalue weighted by molar-refractivity contribution is -0.116. The first-order valence-electron chi connectivity index (χ1n) is 7.99. The molecule has 2 aromatic heterocycles. The minimum Gasteiger partial charge on any atom is -0.302 e. The highest BCUT2D eigenvalue weighted by molar-refractivity contribution is 7.15. The van der Waals surface area contributed by atoms with Gasteiger partial charge in [-0.3, -0.25) is 9.59 Å². The van der Waals surface area contributed by atoms with E-state index in [0.29, 0.717) is 5.13 Å². The molecule has 3 rings (SSSR count). The summed E-state index contributed by atoms with van der Waals surface area (Å²) in [6, 6.07) is 1.91. The summed E-state index contributed by atoms with van der Waals surface area (Å²) >= 11 is 3.15. The lowest BCUT2D eigenvalue weighted by atomic mass is 10.1. The summed E-state index contributed by atoms with van der Waals surface area (Å²) in [4.78, 5) is 34.5. The molecule has 0 aromatic carbocycles. The Morgan fingerprint density at radius 1 is 1.29 bits per heavy atom. The van der Waals surface area contributed by atoms with Crippen LogP contribution < -0.4 is 5.32 Å². The highest BCUT2D eigenvalue weighted by Crippen LogP contribution is 2.28. The number of hydrogen-bond donors (Lipinski definition) is 1. The molecule has 2 aromatic rings. The van der Waals surface area contributed by atoms with Gasteiger partial charge in [-0.05, 0) is 27.0 Å². The second-order valence-electron chi connectivity index (χ2n) is 6.17. The number of amides is 1. The molecule has 0 atom stereocenters. The molecule has 0 saturated heterocycles. The molecule has 3 heterocycles. The first-order valence-corrected chi connectivity index (χ1v) is 9.63. The monoisotopic (exact) mass is 363 g/mol. The topological polar surface area (TPSA) is 62.3 Å². The average molecular weight is 364 g/mol. The van der Waals surface area contributed by atoms with Crippen LogP contribution in [0.2, 0.25) is 0 Å². The zero-order valence-corrected chi connectivity index (χ0v) is 15.8. The Balaban J connectivity index is 1.54. The number of Topliss-reactive ketones (excluding diaryl/α,β-unsaturated/α-hetero) is 1. The van der Waals surface area contributed by atoms with Gasteiger partial charge in [0, 0.05) is 52.5 Å². The zero-order chi connectivity index (χ0) is 17.3. The van der Waals surface area contributed by atoms with Crippen molar-refractivity contribution in [2.45, 2.75) is 39.7 Å². The Morgan fingerprint density at radius 3 is 2.79 bits per heavy atom. The summed E-state index contributed by atoms with van der Waals surface area (Å²) in [5.74, 6) is -0.112. The van der Waals surface area contributed by atoms with Crippen molar-refractivity contribution < 1.29 is 9.59 Å². The fourth-order valence-electron chi connectivity index (χ4n) is 2.83. The molecule has 0 saturated carbocycles. The molecule has 1 amide bonds. The number of hydrogen-bond acceptors (Lipinski definition) is 6. The third-order valence-corrected chi connectivity index (χ3v) is 6.05. The molecular weight excluding hydrogens is 342 g/mol. The third kappa shape index (κ3) is 3.91. The molecule has 0 fully saturated rings. The van der Waals surface area contributed by atoms with Gasteiger partial charge in [0.15, 0.2) is 10.9 Å². The van der Waals surface area contributed by atoms with Gasteiger partial charge < -0.3 is 10.2 Å². The number of nitrogens with zero attached hydrogens (tertiary/aromatic N) is 2. The number of aryl methyl sites for hydroxylation is 2. The second-order valence-corrected chi connectivity index (χ2v) is 8.72. The van der Waals surface area contributed by atoms with E-state index in [9.17, 15) is 9.59 Å². The quantitative estimate of drug-likeness (QED) is 0.827. The molecule has 1 aliphatic heterocycles. The summed E-state index contributed by atoms with van der Waals surface area (Å²) in [5.41, 5.74) is 1.84. The van der Waals surface area contributed by atoms with Gasteiger partial charge in [-0.25, -0.2) is 4.98 Å². The number of thiophene rings is 1.